The van der Waals surface area contributed by atoms with Crippen LogP contribution < -0.4 is 10.5 Å². The molecule has 1 atom stereocenters. The fraction of sp³-hybridized carbons (Fsp3) is 0.241. The van der Waals surface area contributed by atoms with Crippen molar-refractivity contribution in [1.29, 1.82) is 0 Å². The van der Waals surface area contributed by atoms with E-state index in [-0.39, 0.29) is 18.5 Å². The molecule has 0 radical (unpaired) electrons. The van der Waals surface area contributed by atoms with Crippen LogP contribution in [0.5, 0.6) is 5.88 Å². The van der Waals surface area contributed by atoms with E-state index in [2.05, 4.69) is 9.71 Å². The van der Waals surface area contributed by atoms with Gasteiger partial charge >= 0.3 is 5.97 Å². The van der Waals surface area contributed by atoms with E-state index in [0.717, 1.165) is 17.4 Å². The smallest absolute Gasteiger partial charge is 0.338 e. The van der Waals surface area contributed by atoms with Gasteiger partial charge in [-0.3, -0.25) is 0 Å². The molecular formula is C29H32N4O5S. The van der Waals surface area contributed by atoms with Crippen molar-refractivity contribution >= 4 is 38.3 Å². The van der Waals surface area contributed by atoms with Crippen LogP contribution in [-0.2, 0) is 14.8 Å². The van der Waals surface area contributed by atoms with Gasteiger partial charge < -0.3 is 20.6 Å². The van der Waals surface area contributed by atoms with E-state index in [1.165, 1.54) is 0 Å². The second kappa shape index (κ2) is 12.2. The van der Waals surface area contributed by atoms with Gasteiger partial charge in [0, 0.05) is 29.1 Å². The van der Waals surface area contributed by atoms with Gasteiger partial charge in [-0.05, 0) is 49.6 Å². The molecule has 0 aliphatic carbocycles. The number of aromatic nitrogens is 1. The first-order valence-corrected chi connectivity index (χ1v) is 14.5. The number of hydrogen-bond donors (Lipinski definition) is 4. The minimum Gasteiger partial charge on any atom is -0.494 e. The Morgan fingerprint density at radius 1 is 1.08 bits per heavy atom. The van der Waals surface area contributed by atoms with Crippen LogP contribution in [0, 0.1) is 0 Å². The summed E-state index contributed by atoms with van der Waals surface area (Å²) in [6, 6.07) is 21.9. The van der Waals surface area contributed by atoms with Crippen molar-refractivity contribution < 1.29 is 23.1 Å². The molecule has 0 spiro atoms. The number of aliphatic imine (C=N–C) groups is 1. The maximum atomic E-state index is 12.2. The molecule has 0 saturated carbocycles. The number of nitrogens with two attached hydrogens (primary N) is 1. The number of benzene rings is 3. The molecule has 9 nitrogen and oxygen atoms in total. The highest BCUT2D eigenvalue weighted by Gasteiger charge is 2.20. The van der Waals surface area contributed by atoms with Crippen LogP contribution in [-0.4, -0.2) is 49.6 Å². The summed E-state index contributed by atoms with van der Waals surface area (Å²) in [5, 5.41) is 11.6. The summed E-state index contributed by atoms with van der Waals surface area (Å²) in [6.45, 7) is 2.36. The summed E-state index contributed by atoms with van der Waals surface area (Å²) in [6.07, 6.45) is 2.37. The third-order valence-corrected chi connectivity index (χ3v) is 6.92. The molecule has 0 amide bonds. The zero-order valence-corrected chi connectivity index (χ0v) is 22.7. The molecule has 0 aliphatic rings. The molecule has 1 heterocycles. The lowest BCUT2D eigenvalue weighted by molar-refractivity contribution is 0.0526. The van der Waals surface area contributed by atoms with Crippen LogP contribution >= 0.6 is 0 Å². The largest absolute Gasteiger partial charge is 0.494 e. The number of ether oxygens (including phenoxy) is 1. The molecule has 0 saturated heterocycles. The zero-order chi connectivity index (χ0) is 28.0. The summed E-state index contributed by atoms with van der Waals surface area (Å²) >= 11 is 0. The number of aromatic amines is 1. The van der Waals surface area contributed by atoms with Crippen molar-refractivity contribution in [1.82, 2.24) is 9.71 Å². The second-order valence-corrected chi connectivity index (χ2v) is 11.0. The summed E-state index contributed by atoms with van der Waals surface area (Å²) in [4.78, 5) is 20.1. The van der Waals surface area contributed by atoms with Crippen LogP contribution in [0.15, 0.2) is 77.8 Å². The van der Waals surface area contributed by atoms with Crippen LogP contribution in [0.2, 0.25) is 0 Å². The molecule has 0 aliphatic heterocycles. The normalized spacial score (nSPS) is 12.9. The minimum atomic E-state index is -3.22. The lowest BCUT2D eigenvalue weighted by Gasteiger charge is -2.13. The standard InChI is InChI=1S/C29H32N4O5S/c1-3-38-29(35)21-13-16-23-25(18-21)33-28(34)26(23)27(20-8-5-4-6-9-20)32-22-14-11-19(12-15-22)24(30)10-7-17-31-39(2,36)37/h4-6,8-9,11-16,18,24,31,33-34H,3,7,10,17,30H2,1-2H3. The van der Waals surface area contributed by atoms with Crippen LogP contribution in [0.25, 0.3) is 10.9 Å². The molecule has 39 heavy (non-hydrogen) atoms. The second-order valence-electron chi connectivity index (χ2n) is 9.16. The summed E-state index contributed by atoms with van der Waals surface area (Å²) in [7, 11) is -3.22. The minimum absolute atomic E-state index is 0.0602. The molecule has 1 unspecified atom stereocenters. The Hall–Kier alpha value is -3.99. The molecule has 0 bridgehead atoms. The van der Waals surface area contributed by atoms with Crippen molar-refractivity contribution in [2.24, 2.45) is 10.7 Å². The van der Waals surface area contributed by atoms with Crippen LogP contribution in [0.3, 0.4) is 0 Å². The van der Waals surface area contributed by atoms with Gasteiger partial charge in [-0.15, -0.1) is 0 Å². The number of carbonyl (C=O) groups excluding carboxylic acids is 1. The van der Waals surface area contributed by atoms with Gasteiger partial charge in [0.25, 0.3) is 0 Å². The Morgan fingerprint density at radius 2 is 1.79 bits per heavy atom. The lowest BCUT2D eigenvalue weighted by Crippen LogP contribution is -2.24. The maximum Gasteiger partial charge on any atom is 0.338 e. The summed E-state index contributed by atoms with van der Waals surface area (Å²) in [5.41, 5.74) is 10.8. The van der Waals surface area contributed by atoms with Gasteiger partial charge in [-0.1, -0.05) is 48.5 Å². The highest BCUT2D eigenvalue weighted by molar-refractivity contribution is 7.88. The number of rotatable bonds is 11. The van der Waals surface area contributed by atoms with Crippen molar-refractivity contribution in [2.75, 3.05) is 19.4 Å². The lowest BCUT2D eigenvalue weighted by atomic mass is 9.99. The molecule has 1 aromatic heterocycles. The number of aromatic hydroxyl groups is 1. The van der Waals surface area contributed by atoms with Gasteiger partial charge in [0.05, 0.1) is 35.4 Å². The summed E-state index contributed by atoms with van der Waals surface area (Å²) < 4.78 is 30.0. The van der Waals surface area contributed by atoms with Crippen LogP contribution in [0.4, 0.5) is 5.69 Å². The Bertz CT molecular complexity index is 1580. The van der Waals surface area contributed by atoms with E-state index in [9.17, 15) is 18.3 Å². The van der Waals surface area contributed by atoms with E-state index >= 15 is 0 Å². The van der Waals surface area contributed by atoms with Crippen molar-refractivity contribution in [3.8, 4) is 5.88 Å². The number of esters is 1. The van der Waals surface area contributed by atoms with E-state index in [1.807, 2.05) is 54.6 Å². The number of fused-ring (bicyclic) bond motifs is 1. The van der Waals surface area contributed by atoms with E-state index in [4.69, 9.17) is 15.5 Å². The average Bonchev–Trinajstić information content (AvgIpc) is 3.24. The Balaban J connectivity index is 1.65. The van der Waals surface area contributed by atoms with Crippen molar-refractivity contribution in [3.05, 3.63) is 95.1 Å². The molecular weight excluding hydrogens is 516 g/mol. The van der Waals surface area contributed by atoms with Gasteiger partial charge in [-0.2, -0.15) is 0 Å². The molecule has 204 valence electrons. The van der Waals surface area contributed by atoms with Crippen LogP contribution in [0.1, 0.15) is 52.9 Å². The molecule has 4 aromatic rings. The number of H-pyrrole nitrogens is 1. The predicted octanol–water partition coefficient (Wildman–Crippen LogP) is 4.55. The third-order valence-electron chi connectivity index (χ3n) is 6.19. The SMILES string of the molecule is CCOC(=O)c1ccc2c(C(=Nc3ccc(C(N)CCCNS(C)(=O)=O)cc3)c3ccccc3)c(O)[nH]c2c1. The zero-order valence-electron chi connectivity index (χ0n) is 21.8. The topological polar surface area (TPSA) is 147 Å². The van der Waals surface area contributed by atoms with Gasteiger partial charge in [0.15, 0.2) is 5.88 Å². The number of carbonyl (C=O) groups is 1. The number of sulfonamides is 1. The fourth-order valence-electron chi connectivity index (χ4n) is 4.30. The molecule has 5 N–H and O–H groups in total. The van der Waals surface area contributed by atoms with Gasteiger partial charge in [0.1, 0.15) is 0 Å². The molecule has 10 heteroatoms. The summed E-state index contributed by atoms with van der Waals surface area (Å²) in [5.74, 6) is -0.494. The average molecular weight is 549 g/mol. The Morgan fingerprint density at radius 3 is 2.46 bits per heavy atom. The van der Waals surface area contributed by atoms with Gasteiger partial charge in [0.2, 0.25) is 10.0 Å². The molecule has 0 fully saturated rings. The Labute approximate surface area is 227 Å². The first kappa shape index (κ1) is 28.0. The number of nitrogens with zero attached hydrogens (tertiary/aromatic N) is 1. The molecule has 3 aromatic carbocycles. The highest BCUT2D eigenvalue weighted by Crippen LogP contribution is 2.32. The van der Waals surface area contributed by atoms with Crippen molar-refractivity contribution in [3.63, 3.8) is 0 Å². The predicted molar refractivity (Wildman–Crippen MR) is 153 cm³/mol. The maximum absolute atomic E-state index is 12.2. The monoisotopic (exact) mass is 548 g/mol. The Kier molecular flexibility index (Phi) is 8.80. The quantitative estimate of drug-likeness (QED) is 0.123. The van der Waals surface area contributed by atoms with E-state index in [1.54, 1.807) is 25.1 Å². The highest BCUT2D eigenvalue weighted by atomic mass is 32.2. The van der Waals surface area contributed by atoms with E-state index < -0.39 is 16.0 Å². The molecule has 4 rings (SSSR count). The first-order valence-electron chi connectivity index (χ1n) is 12.6. The third kappa shape index (κ3) is 7.11. The first-order chi connectivity index (χ1) is 18.7. The van der Waals surface area contributed by atoms with Gasteiger partial charge in [-0.25, -0.2) is 22.9 Å². The number of hydrogen-bond acceptors (Lipinski definition) is 7. The fourth-order valence-corrected chi connectivity index (χ4v) is 4.81. The van der Waals surface area contributed by atoms with E-state index in [0.29, 0.717) is 52.8 Å². The number of nitrogens with one attached hydrogen (secondary N) is 2. The van der Waals surface area contributed by atoms with Crippen molar-refractivity contribution in [2.45, 2.75) is 25.8 Å².